The van der Waals surface area contributed by atoms with Gasteiger partial charge in [-0.2, -0.15) is 5.10 Å². The number of hydrogen-bond acceptors (Lipinski definition) is 2. The molecule has 124 valence electrons. The van der Waals surface area contributed by atoms with Gasteiger partial charge < -0.3 is 5.73 Å². The van der Waals surface area contributed by atoms with Crippen molar-refractivity contribution in [1.82, 2.24) is 9.78 Å². The number of hydrogen-bond donors (Lipinski definition) is 1. The third-order valence-electron chi connectivity index (χ3n) is 4.75. The van der Waals surface area contributed by atoms with E-state index in [-0.39, 0.29) is 5.91 Å². The van der Waals surface area contributed by atoms with Crippen LogP contribution in [0.5, 0.6) is 0 Å². The Morgan fingerprint density at radius 3 is 2.52 bits per heavy atom. The van der Waals surface area contributed by atoms with Crippen molar-refractivity contribution in [2.24, 2.45) is 12.8 Å². The molecule has 1 aliphatic rings. The number of fused-ring (bicyclic) bond motifs is 1. The van der Waals surface area contributed by atoms with Gasteiger partial charge in [0.2, 0.25) is 5.91 Å². The summed E-state index contributed by atoms with van der Waals surface area (Å²) in [7, 11) is 1.90. The van der Waals surface area contributed by atoms with Crippen LogP contribution < -0.4 is 5.73 Å². The molecule has 0 saturated heterocycles. The Morgan fingerprint density at radius 1 is 1.12 bits per heavy atom. The fourth-order valence-corrected chi connectivity index (χ4v) is 3.43. The second kappa shape index (κ2) is 5.74. The summed E-state index contributed by atoms with van der Waals surface area (Å²) in [6.07, 6.45) is 6.72. The number of carbonyl (C=O) groups is 1. The zero-order valence-electron chi connectivity index (χ0n) is 14.3. The van der Waals surface area contributed by atoms with E-state index in [1.807, 2.05) is 31.6 Å². The quantitative estimate of drug-likeness (QED) is 0.798. The van der Waals surface area contributed by atoms with Crippen molar-refractivity contribution in [3.8, 4) is 11.1 Å². The summed E-state index contributed by atoms with van der Waals surface area (Å²) in [6.45, 7) is 2.08. The van der Waals surface area contributed by atoms with Crippen LogP contribution in [0.25, 0.3) is 22.8 Å². The minimum atomic E-state index is -0.382. The molecule has 0 aliphatic heterocycles. The Morgan fingerprint density at radius 2 is 1.88 bits per heavy atom. The Kier molecular flexibility index (Phi) is 3.53. The zero-order valence-corrected chi connectivity index (χ0v) is 14.3. The van der Waals surface area contributed by atoms with Crippen LogP contribution in [0.15, 0.2) is 48.8 Å². The van der Waals surface area contributed by atoms with Crippen LogP contribution in [0, 0.1) is 6.92 Å². The molecule has 4 rings (SSSR count). The van der Waals surface area contributed by atoms with Crippen molar-refractivity contribution >= 4 is 17.6 Å². The summed E-state index contributed by atoms with van der Waals surface area (Å²) in [6, 6.07) is 12.3. The molecule has 2 N–H and O–H groups in total. The van der Waals surface area contributed by atoms with Gasteiger partial charge in [0.1, 0.15) is 0 Å². The first-order valence-corrected chi connectivity index (χ1v) is 8.25. The van der Waals surface area contributed by atoms with Gasteiger partial charge in [0.25, 0.3) is 0 Å². The number of primary amides is 1. The summed E-state index contributed by atoms with van der Waals surface area (Å²) in [4.78, 5) is 11.9. The SMILES string of the molecule is Cc1ccc(C2=Cc3c(-c4cnn(C)c4)ccc(C(N)=O)c3C2)cc1. The third kappa shape index (κ3) is 2.66. The van der Waals surface area contributed by atoms with Gasteiger partial charge >= 0.3 is 0 Å². The maximum Gasteiger partial charge on any atom is 0.249 e. The fourth-order valence-electron chi connectivity index (χ4n) is 3.43. The summed E-state index contributed by atoms with van der Waals surface area (Å²) < 4.78 is 1.78. The highest BCUT2D eigenvalue weighted by molar-refractivity contribution is 6.02. The summed E-state index contributed by atoms with van der Waals surface area (Å²) in [5.74, 6) is -0.382. The molecule has 0 atom stereocenters. The van der Waals surface area contributed by atoms with E-state index in [9.17, 15) is 4.79 Å². The van der Waals surface area contributed by atoms with Gasteiger partial charge in [0.15, 0.2) is 0 Å². The molecule has 0 radical (unpaired) electrons. The maximum atomic E-state index is 11.9. The molecule has 4 heteroatoms. The summed E-state index contributed by atoms with van der Waals surface area (Å²) in [5, 5.41) is 4.27. The number of carbonyl (C=O) groups excluding carboxylic acids is 1. The van der Waals surface area contributed by atoms with Gasteiger partial charge in [0, 0.05) is 24.4 Å². The smallest absolute Gasteiger partial charge is 0.249 e. The highest BCUT2D eigenvalue weighted by Crippen LogP contribution is 2.39. The van der Waals surface area contributed by atoms with Gasteiger partial charge in [-0.3, -0.25) is 9.48 Å². The van der Waals surface area contributed by atoms with Crippen molar-refractivity contribution in [3.05, 3.63) is 76.6 Å². The van der Waals surface area contributed by atoms with Crippen LogP contribution in [0.4, 0.5) is 0 Å². The van der Waals surface area contributed by atoms with Crippen LogP contribution >= 0.6 is 0 Å². The average molecular weight is 329 g/mol. The maximum absolute atomic E-state index is 11.9. The van der Waals surface area contributed by atoms with E-state index >= 15 is 0 Å². The number of allylic oxidation sites excluding steroid dienone is 1. The normalized spacial score (nSPS) is 12.8. The van der Waals surface area contributed by atoms with Gasteiger partial charge in [0.05, 0.1) is 6.20 Å². The van der Waals surface area contributed by atoms with E-state index in [1.54, 1.807) is 4.68 Å². The molecule has 0 unspecified atom stereocenters. The molecule has 0 bridgehead atoms. The first-order valence-electron chi connectivity index (χ1n) is 8.25. The predicted octanol–water partition coefficient (Wildman–Crippen LogP) is 3.59. The molecular formula is C21H19N3O. The number of nitrogens with zero attached hydrogens (tertiary/aromatic N) is 2. The lowest BCUT2D eigenvalue weighted by atomic mass is 9.94. The van der Waals surface area contributed by atoms with Crippen LogP contribution in [0.1, 0.15) is 32.6 Å². The van der Waals surface area contributed by atoms with E-state index in [2.05, 4.69) is 42.4 Å². The van der Waals surface area contributed by atoms with Crippen molar-refractivity contribution < 1.29 is 4.79 Å². The zero-order chi connectivity index (χ0) is 17.6. The van der Waals surface area contributed by atoms with Crippen molar-refractivity contribution in [2.75, 3.05) is 0 Å². The fraction of sp³-hybridized carbons (Fsp3) is 0.143. The Bertz CT molecular complexity index is 1010. The lowest BCUT2D eigenvalue weighted by molar-refractivity contribution is 0.0999. The molecule has 4 nitrogen and oxygen atoms in total. The van der Waals surface area contributed by atoms with E-state index in [1.165, 1.54) is 16.7 Å². The number of aromatic nitrogens is 2. The van der Waals surface area contributed by atoms with Gasteiger partial charge in [-0.25, -0.2) is 0 Å². The molecule has 0 fully saturated rings. The van der Waals surface area contributed by atoms with E-state index in [0.29, 0.717) is 12.0 Å². The van der Waals surface area contributed by atoms with E-state index < -0.39 is 0 Å². The second-order valence-corrected chi connectivity index (χ2v) is 6.53. The molecule has 1 amide bonds. The predicted molar refractivity (Wildman–Crippen MR) is 99.9 cm³/mol. The molecule has 1 heterocycles. The lowest BCUT2D eigenvalue weighted by Crippen LogP contribution is -2.14. The summed E-state index contributed by atoms with van der Waals surface area (Å²) in [5.41, 5.74) is 14.0. The first-order chi connectivity index (χ1) is 12.0. The third-order valence-corrected chi connectivity index (χ3v) is 4.75. The van der Waals surface area contributed by atoms with Crippen molar-refractivity contribution in [1.29, 1.82) is 0 Å². The topological polar surface area (TPSA) is 60.9 Å². The Labute approximate surface area is 146 Å². The highest BCUT2D eigenvalue weighted by Gasteiger charge is 2.23. The van der Waals surface area contributed by atoms with E-state index in [0.717, 1.165) is 22.3 Å². The molecule has 3 aromatic rings. The highest BCUT2D eigenvalue weighted by atomic mass is 16.1. The van der Waals surface area contributed by atoms with Crippen LogP contribution in [0.2, 0.25) is 0 Å². The van der Waals surface area contributed by atoms with Crippen molar-refractivity contribution in [3.63, 3.8) is 0 Å². The second-order valence-electron chi connectivity index (χ2n) is 6.53. The van der Waals surface area contributed by atoms with Crippen molar-refractivity contribution in [2.45, 2.75) is 13.3 Å². The molecule has 25 heavy (non-hydrogen) atoms. The average Bonchev–Trinajstić information content (AvgIpc) is 3.21. The molecule has 0 saturated carbocycles. The molecule has 2 aromatic carbocycles. The number of rotatable bonds is 3. The number of nitrogens with two attached hydrogens (primary N) is 1. The lowest BCUT2D eigenvalue weighted by Gasteiger charge is -2.10. The first kappa shape index (κ1) is 15.4. The summed E-state index contributed by atoms with van der Waals surface area (Å²) >= 11 is 0. The van der Waals surface area contributed by atoms with Gasteiger partial charge in [-0.15, -0.1) is 0 Å². The number of amides is 1. The van der Waals surface area contributed by atoms with Crippen LogP contribution in [0.3, 0.4) is 0 Å². The standard InChI is InChI=1S/C21H19N3O/c1-13-3-5-14(6-4-13)15-9-19-17(16-11-23-24(2)12-16)7-8-18(21(22)25)20(19)10-15/h3-9,11-12H,10H2,1-2H3,(H2,22,25). The molecular weight excluding hydrogens is 310 g/mol. The monoisotopic (exact) mass is 329 g/mol. The van der Waals surface area contributed by atoms with E-state index in [4.69, 9.17) is 5.73 Å². The van der Waals surface area contributed by atoms with Crippen LogP contribution in [-0.2, 0) is 13.5 Å². The Hall–Kier alpha value is -3.14. The molecule has 1 aliphatic carbocycles. The number of benzene rings is 2. The van der Waals surface area contributed by atoms with Crippen LogP contribution in [-0.4, -0.2) is 15.7 Å². The minimum absolute atomic E-state index is 0.382. The molecule has 0 spiro atoms. The minimum Gasteiger partial charge on any atom is -0.366 e. The largest absolute Gasteiger partial charge is 0.366 e. The Balaban J connectivity index is 1.87. The van der Waals surface area contributed by atoms with Gasteiger partial charge in [-0.1, -0.05) is 35.9 Å². The van der Waals surface area contributed by atoms with Gasteiger partial charge in [-0.05, 0) is 53.3 Å². The molecule has 1 aromatic heterocycles. The number of aryl methyl sites for hydroxylation is 2.